The van der Waals surface area contributed by atoms with Crippen LogP contribution >= 0.6 is 0 Å². The Kier molecular flexibility index (Phi) is 7.39. The lowest BCUT2D eigenvalue weighted by atomic mass is 10.1. The Bertz CT molecular complexity index is 1280. The molecule has 10 heteroatoms. The molecule has 0 bridgehead atoms. The molecule has 0 fully saturated rings. The van der Waals surface area contributed by atoms with Gasteiger partial charge in [-0.05, 0) is 61.0 Å². The number of benzene rings is 3. The summed E-state index contributed by atoms with van der Waals surface area (Å²) in [4.78, 5) is 24.4. The van der Waals surface area contributed by atoms with Crippen LogP contribution in [0.5, 0.6) is 0 Å². The van der Waals surface area contributed by atoms with E-state index >= 15 is 0 Å². The highest BCUT2D eigenvalue weighted by Gasteiger charge is 2.18. The average Bonchev–Trinajstić information content (AvgIpc) is 2.78. The molecule has 2 amide bonds. The van der Waals surface area contributed by atoms with Crippen LogP contribution in [0.2, 0.25) is 0 Å². The second-order valence-corrected chi connectivity index (χ2v) is 8.76. The molecule has 0 atom stereocenters. The summed E-state index contributed by atoms with van der Waals surface area (Å²) in [6, 6.07) is 14.4. The molecule has 3 N–H and O–H groups in total. The number of aryl methyl sites for hydroxylation is 1. The van der Waals surface area contributed by atoms with Crippen molar-refractivity contribution in [3.8, 4) is 0 Å². The number of hydrogen-bond acceptors (Lipinski definition) is 4. The molecule has 0 aliphatic carbocycles. The minimum atomic E-state index is -4.02. The minimum absolute atomic E-state index is 0.0437. The van der Waals surface area contributed by atoms with E-state index in [-0.39, 0.29) is 34.8 Å². The Morgan fingerprint density at radius 2 is 1.42 bits per heavy atom. The average molecular weight is 474 g/mol. The van der Waals surface area contributed by atoms with Crippen LogP contribution < -0.4 is 15.4 Å². The van der Waals surface area contributed by atoms with E-state index in [4.69, 9.17) is 0 Å². The number of sulfonamides is 1. The summed E-state index contributed by atoms with van der Waals surface area (Å²) < 4.78 is 54.3. The lowest BCUT2D eigenvalue weighted by molar-refractivity contribution is 0.0925. The van der Waals surface area contributed by atoms with Crippen LogP contribution in [0.15, 0.2) is 71.6 Å². The van der Waals surface area contributed by atoms with Crippen LogP contribution in [0.25, 0.3) is 0 Å². The van der Waals surface area contributed by atoms with Gasteiger partial charge in [-0.25, -0.2) is 17.2 Å². The van der Waals surface area contributed by atoms with Crippen molar-refractivity contribution in [2.45, 2.75) is 11.8 Å². The van der Waals surface area contributed by atoms with Crippen molar-refractivity contribution in [1.29, 1.82) is 0 Å². The number of amides is 2. The van der Waals surface area contributed by atoms with Gasteiger partial charge in [0.15, 0.2) is 0 Å². The predicted octanol–water partition coefficient (Wildman–Crippen LogP) is 3.23. The molecule has 0 aromatic heterocycles. The van der Waals surface area contributed by atoms with Gasteiger partial charge >= 0.3 is 0 Å². The van der Waals surface area contributed by atoms with Crippen LogP contribution in [0.4, 0.5) is 14.5 Å². The van der Waals surface area contributed by atoms with E-state index in [0.29, 0.717) is 5.56 Å². The number of nitrogens with one attached hydrogen (secondary N) is 3. The quantitative estimate of drug-likeness (QED) is 0.437. The van der Waals surface area contributed by atoms with Gasteiger partial charge in [0, 0.05) is 24.3 Å². The fourth-order valence-corrected chi connectivity index (χ4v) is 4.02. The SMILES string of the molecule is Cc1ccc(S(=O)(=O)Nc2ccc(F)cc2)cc1C(=O)NCCNC(=O)c1ccccc1F. The van der Waals surface area contributed by atoms with E-state index in [0.717, 1.165) is 12.1 Å². The Hall–Kier alpha value is -3.79. The molecule has 3 rings (SSSR count). The zero-order valence-corrected chi connectivity index (χ0v) is 18.4. The van der Waals surface area contributed by atoms with Crippen molar-refractivity contribution in [3.63, 3.8) is 0 Å². The number of anilines is 1. The summed E-state index contributed by atoms with van der Waals surface area (Å²) in [6.45, 7) is 1.74. The summed E-state index contributed by atoms with van der Waals surface area (Å²) in [7, 11) is -4.02. The number of carbonyl (C=O) groups excluding carboxylic acids is 2. The zero-order chi connectivity index (χ0) is 24.0. The van der Waals surface area contributed by atoms with Gasteiger partial charge in [-0.1, -0.05) is 18.2 Å². The van der Waals surface area contributed by atoms with Crippen molar-refractivity contribution < 1.29 is 26.8 Å². The molecule has 0 aliphatic heterocycles. The van der Waals surface area contributed by atoms with Crippen LogP contribution in [-0.4, -0.2) is 33.3 Å². The number of hydrogen-bond donors (Lipinski definition) is 3. The van der Waals surface area contributed by atoms with Crippen LogP contribution in [0.1, 0.15) is 26.3 Å². The third-order valence-electron chi connectivity index (χ3n) is 4.67. The molecule has 0 spiro atoms. The topological polar surface area (TPSA) is 104 Å². The molecular formula is C23H21F2N3O4S. The van der Waals surface area contributed by atoms with Gasteiger partial charge in [-0.2, -0.15) is 0 Å². The molecule has 0 aliphatic rings. The second kappa shape index (κ2) is 10.2. The van der Waals surface area contributed by atoms with Crippen molar-refractivity contribution in [1.82, 2.24) is 10.6 Å². The molecule has 0 radical (unpaired) electrons. The fraction of sp³-hybridized carbons (Fsp3) is 0.130. The van der Waals surface area contributed by atoms with Gasteiger partial charge in [-0.15, -0.1) is 0 Å². The predicted molar refractivity (Wildman–Crippen MR) is 119 cm³/mol. The fourth-order valence-electron chi connectivity index (χ4n) is 2.93. The van der Waals surface area contributed by atoms with Gasteiger partial charge in [0.05, 0.1) is 10.5 Å². The summed E-state index contributed by atoms with van der Waals surface area (Å²) in [5.41, 5.74) is 0.751. The van der Waals surface area contributed by atoms with E-state index in [1.807, 2.05) is 0 Å². The van der Waals surface area contributed by atoms with Gasteiger partial charge in [0.1, 0.15) is 11.6 Å². The summed E-state index contributed by atoms with van der Waals surface area (Å²) >= 11 is 0. The van der Waals surface area contributed by atoms with Gasteiger partial charge < -0.3 is 10.6 Å². The summed E-state index contributed by atoms with van der Waals surface area (Å²) in [5, 5.41) is 5.09. The smallest absolute Gasteiger partial charge is 0.261 e. The van der Waals surface area contributed by atoms with Gasteiger partial charge in [-0.3, -0.25) is 14.3 Å². The maximum absolute atomic E-state index is 13.6. The molecule has 3 aromatic rings. The first-order chi connectivity index (χ1) is 15.7. The van der Waals surface area contributed by atoms with Crippen LogP contribution in [-0.2, 0) is 10.0 Å². The molecule has 7 nitrogen and oxygen atoms in total. The largest absolute Gasteiger partial charge is 0.350 e. The lowest BCUT2D eigenvalue weighted by Gasteiger charge is -2.12. The Labute approximate surface area is 189 Å². The Morgan fingerprint density at radius 1 is 0.818 bits per heavy atom. The highest BCUT2D eigenvalue weighted by molar-refractivity contribution is 7.92. The summed E-state index contributed by atoms with van der Waals surface area (Å²) in [6.07, 6.45) is 0. The van der Waals surface area contributed by atoms with Crippen molar-refractivity contribution in [2.75, 3.05) is 17.8 Å². The number of rotatable bonds is 8. The molecule has 0 saturated carbocycles. The Balaban J connectivity index is 1.62. The van der Waals surface area contributed by atoms with E-state index in [2.05, 4.69) is 15.4 Å². The molecule has 3 aromatic carbocycles. The van der Waals surface area contributed by atoms with E-state index in [1.54, 1.807) is 6.92 Å². The molecule has 0 heterocycles. The first-order valence-electron chi connectivity index (χ1n) is 9.87. The maximum Gasteiger partial charge on any atom is 0.261 e. The molecule has 0 unspecified atom stereocenters. The Morgan fingerprint density at radius 3 is 2.06 bits per heavy atom. The highest BCUT2D eigenvalue weighted by Crippen LogP contribution is 2.19. The summed E-state index contributed by atoms with van der Waals surface area (Å²) in [5.74, 6) is -2.30. The normalized spacial score (nSPS) is 11.0. The standard InChI is InChI=1S/C23H21F2N3O4S/c1-15-6-11-18(33(31,32)28-17-9-7-16(24)8-10-17)14-20(15)23(30)27-13-12-26-22(29)19-4-2-3-5-21(19)25/h2-11,14,28H,12-13H2,1H3,(H,26,29)(H,27,30). The molecule has 33 heavy (non-hydrogen) atoms. The van der Waals surface area contributed by atoms with Crippen LogP contribution in [0, 0.1) is 18.6 Å². The molecule has 0 saturated heterocycles. The molecular weight excluding hydrogens is 452 g/mol. The lowest BCUT2D eigenvalue weighted by Crippen LogP contribution is -2.35. The van der Waals surface area contributed by atoms with Crippen LogP contribution in [0.3, 0.4) is 0 Å². The van der Waals surface area contributed by atoms with Gasteiger partial charge in [0.2, 0.25) is 0 Å². The maximum atomic E-state index is 13.6. The zero-order valence-electron chi connectivity index (χ0n) is 17.6. The highest BCUT2D eigenvalue weighted by atomic mass is 32.2. The van der Waals surface area contributed by atoms with E-state index in [1.165, 1.54) is 54.6 Å². The third kappa shape index (κ3) is 6.13. The first kappa shape index (κ1) is 23.9. The van der Waals surface area contributed by atoms with E-state index < -0.39 is 33.5 Å². The third-order valence-corrected chi connectivity index (χ3v) is 6.05. The minimum Gasteiger partial charge on any atom is -0.350 e. The first-order valence-corrected chi connectivity index (χ1v) is 11.4. The monoisotopic (exact) mass is 473 g/mol. The van der Waals surface area contributed by atoms with Crippen molar-refractivity contribution in [3.05, 3.63) is 95.1 Å². The van der Waals surface area contributed by atoms with Gasteiger partial charge in [0.25, 0.3) is 21.8 Å². The van der Waals surface area contributed by atoms with Crippen molar-refractivity contribution >= 4 is 27.5 Å². The molecule has 172 valence electrons. The second-order valence-electron chi connectivity index (χ2n) is 7.08. The number of halogens is 2. The van der Waals surface area contributed by atoms with E-state index in [9.17, 15) is 26.8 Å². The van der Waals surface area contributed by atoms with Crippen molar-refractivity contribution in [2.24, 2.45) is 0 Å². The number of carbonyl (C=O) groups is 2.